The number of nitrogens with one attached hydrogen (secondary N) is 1. The fourth-order valence-corrected chi connectivity index (χ4v) is 2.41. The van der Waals surface area contributed by atoms with E-state index in [4.69, 9.17) is 9.47 Å². The molecule has 0 saturated heterocycles. The van der Waals surface area contributed by atoms with Gasteiger partial charge in [-0.05, 0) is 37.8 Å². The Morgan fingerprint density at radius 1 is 1.38 bits per heavy atom. The molecule has 0 fully saturated rings. The number of amides is 1. The Balaban J connectivity index is 1.75. The van der Waals surface area contributed by atoms with Gasteiger partial charge >= 0.3 is 0 Å². The molecule has 4 nitrogen and oxygen atoms in total. The van der Waals surface area contributed by atoms with Crippen LogP contribution >= 0.6 is 0 Å². The molecule has 4 heteroatoms. The fraction of sp³-hybridized carbons (Fsp3) is 0.471. The summed E-state index contributed by atoms with van der Waals surface area (Å²) in [5.74, 6) is 1.88. The van der Waals surface area contributed by atoms with Crippen molar-refractivity contribution in [2.24, 2.45) is 5.92 Å². The van der Waals surface area contributed by atoms with Crippen molar-refractivity contribution in [1.29, 1.82) is 0 Å². The number of benzene rings is 1. The molecule has 1 aliphatic rings. The second-order valence-electron chi connectivity index (χ2n) is 5.35. The number of ether oxygens (including phenoxy) is 2. The Labute approximate surface area is 126 Å². The van der Waals surface area contributed by atoms with E-state index in [9.17, 15) is 4.79 Å². The molecule has 0 heterocycles. The summed E-state index contributed by atoms with van der Waals surface area (Å²) in [5, 5.41) is 2.93. The summed E-state index contributed by atoms with van der Waals surface area (Å²) in [6.45, 7) is 2.43. The molecule has 1 amide bonds. The zero-order valence-electron chi connectivity index (χ0n) is 12.7. The van der Waals surface area contributed by atoms with E-state index < -0.39 is 0 Å². The van der Waals surface area contributed by atoms with Crippen LogP contribution in [0.4, 0.5) is 0 Å². The molecule has 1 aromatic rings. The zero-order valence-corrected chi connectivity index (χ0v) is 12.7. The molecule has 0 unspecified atom stereocenters. The highest BCUT2D eigenvalue weighted by atomic mass is 16.5. The summed E-state index contributed by atoms with van der Waals surface area (Å²) in [7, 11) is 1.61. The van der Waals surface area contributed by atoms with Crippen LogP contribution in [0.2, 0.25) is 0 Å². The molecule has 0 aliphatic heterocycles. The largest absolute Gasteiger partial charge is 0.493 e. The standard InChI is InChI=1S/C17H23NO3/c1-13(21-16-10-6-5-9-15(16)20-2)12-18-17(19)11-14-7-3-4-8-14/h3,5-7,9-10,13-14H,4,8,11-12H2,1-2H3,(H,18,19)/t13-,14+/m1/s1. The van der Waals surface area contributed by atoms with Gasteiger partial charge in [0.1, 0.15) is 6.10 Å². The number of carbonyl (C=O) groups is 1. The molecule has 0 spiro atoms. The molecular formula is C17H23NO3. The normalized spacial score (nSPS) is 18.3. The molecule has 1 N–H and O–H groups in total. The first-order chi connectivity index (χ1) is 10.2. The van der Waals surface area contributed by atoms with Gasteiger partial charge in [-0.2, -0.15) is 0 Å². The highest BCUT2D eigenvalue weighted by molar-refractivity contribution is 5.76. The average Bonchev–Trinajstić information content (AvgIpc) is 2.98. The van der Waals surface area contributed by atoms with E-state index in [0.717, 1.165) is 12.8 Å². The van der Waals surface area contributed by atoms with Crippen LogP contribution in [-0.2, 0) is 4.79 Å². The molecule has 2 rings (SSSR count). The average molecular weight is 289 g/mol. The van der Waals surface area contributed by atoms with E-state index >= 15 is 0 Å². The second-order valence-corrected chi connectivity index (χ2v) is 5.35. The second kappa shape index (κ2) is 7.72. The molecule has 114 valence electrons. The van der Waals surface area contributed by atoms with Crippen molar-refractivity contribution in [3.8, 4) is 11.5 Å². The van der Waals surface area contributed by atoms with Gasteiger partial charge in [-0.15, -0.1) is 0 Å². The Morgan fingerprint density at radius 2 is 2.14 bits per heavy atom. The summed E-state index contributed by atoms with van der Waals surface area (Å²) in [5.41, 5.74) is 0. The third-order valence-electron chi connectivity index (χ3n) is 3.54. The van der Waals surface area contributed by atoms with Crippen molar-refractivity contribution in [2.45, 2.75) is 32.3 Å². The third-order valence-corrected chi connectivity index (χ3v) is 3.54. The minimum absolute atomic E-state index is 0.0852. The predicted molar refractivity (Wildman–Crippen MR) is 82.6 cm³/mol. The van der Waals surface area contributed by atoms with Crippen LogP contribution in [0.25, 0.3) is 0 Å². The van der Waals surface area contributed by atoms with Crippen molar-refractivity contribution in [1.82, 2.24) is 5.32 Å². The van der Waals surface area contributed by atoms with Gasteiger partial charge in [-0.25, -0.2) is 0 Å². The van der Waals surface area contributed by atoms with E-state index in [1.807, 2.05) is 31.2 Å². The van der Waals surface area contributed by atoms with E-state index in [0.29, 0.717) is 30.4 Å². The number of para-hydroxylation sites is 2. The number of hydrogen-bond donors (Lipinski definition) is 1. The Hall–Kier alpha value is -1.97. The van der Waals surface area contributed by atoms with E-state index in [1.54, 1.807) is 7.11 Å². The van der Waals surface area contributed by atoms with Gasteiger partial charge < -0.3 is 14.8 Å². The third kappa shape index (κ3) is 4.81. The van der Waals surface area contributed by atoms with Gasteiger partial charge in [-0.3, -0.25) is 4.79 Å². The van der Waals surface area contributed by atoms with Crippen LogP contribution in [0.1, 0.15) is 26.2 Å². The minimum atomic E-state index is -0.107. The summed E-state index contributed by atoms with van der Waals surface area (Å²) < 4.78 is 11.0. The first-order valence-electron chi connectivity index (χ1n) is 7.42. The highest BCUT2D eigenvalue weighted by Crippen LogP contribution is 2.26. The number of methoxy groups -OCH3 is 1. The Bertz CT molecular complexity index is 499. The fourth-order valence-electron chi connectivity index (χ4n) is 2.41. The van der Waals surface area contributed by atoms with E-state index in [2.05, 4.69) is 17.5 Å². The molecule has 0 radical (unpaired) electrons. The highest BCUT2D eigenvalue weighted by Gasteiger charge is 2.15. The number of rotatable bonds is 7. The maximum Gasteiger partial charge on any atom is 0.220 e. The number of carbonyl (C=O) groups excluding carboxylic acids is 1. The minimum Gasteiger partial charge on any atom is -0.493 e. The predicted octanol–water partition coefficient (Wildman–Crippen LogP) is 2.94. The van der Waals surface area contributed by atoms with Crippen molar-refractivity contribution >= 4 is 5.91 Å². The van der Waals surface area contributed by atoms with Crippen molar-refractivity contribution in [3.05, 3.63) is 36.4 Å². The Morgan fingerprint density at radius 3 is 2.81 bits per heavy atom. The SMILES string of the molecule is COc1ccccc1O[C@H](C)CNC(=O)C[C@H]1C=CCC1. The molecule has 1 aromatic carbocycles. The van der Waals surface area contributed by atoms with Crippen LogP contribution in [0.5, 0.6) is 11.5 Å². The van der Waals surface area contributed by atoms with Gasteiger partial charge in [-0.1, -0.05) is 24.3 Å². The first-order valence-corrected chi connectivity index (χ1v) is 7.42. The number of allylic oxidation sites excluding steroid dienone is 2. The van der Waals surface area contributed by atoms with Crippen LogP contribution in [0.15, 0.2) is 36.4 Å². The molecule has 0 bridgehead atoms. The van der Waals surface area contributed by atoms with Crippen LogP contribution in [0.3, 0.4) is 0 Å². The lowest BCUT2D eigenvalue weighted by Crippen LogP contribution is -2.34. The lowest BCUT2D eigenvalue weighted by Gasteiger charge is -2.17. The Kier molecular flexibility index (Phi) is 5.67. The van der Waals surface area contributed by atoms with Gasteiger partial charge in [0.2, 0.25) is 5.91 Å². The lowest BCUT2D eigenvalue weighted by molar-refractivity contribution is -0.122. The molecule has 21 heavy (non-hydrogen) atoms. The smallest absolute Gasteiger partial charge is 0.220 e. The molecule has 2 atom stereocenters. The van der Waals surface area contributed by atoms with Crippen molar-refractivity contribution in [2.75, 3.05) is 13.7 Å². The van der Waals surface area contributed by atoms with Crippen LogP contribution < -0.4 is 14.8 Å². The monoisotopic (exact) mass is 289 g/mol. The quantitative estimate of drug-likeness (QED) is 0.785. The molecular weight excluding hydrogens is 266 g/mol. The topological polar surface area (TPSA) is 47.6 Å². The first kappa shape index (κ1) is 15.4. The summed E-state index contributed by atoms with van der Waals surface area (Å²) in [4.78, 5) is 11.9. The maximum absolute atomic E-state index is 11.9. The zero-order chi connectivity index (χ0) is 15.1. The molecule has 1 aliphatic carbocycles. The van der Waals surface area contributed by atoms with Gasteiger partial charge in [0.15, 0.2) is 11.5 Å². The molecule has 0 saturated carbocycles. The van der Waals surface area contributed by atoms with Gasteiger partial charge in [0, 0.05) is 6.42 Å². The summed E-state index contributed by atoms with van der Waals surface area (Å²) in [6, 6.07) is 7.51. The summed E-state index contributed by atoms with van der Waals surface area (Å²) >= 11 is 0. The van der Waals surface area contributed by atoms with Crippen LogP contribution in [-0.4, -0.2) is 25.7 Å². The van der Waals surface area contributed by atoms with Crippen molar-refractivity contribution < 1.29 is 14.3 Å². The van der Waals surface area contributed by atoms with Gasteiger partial charge in [0.05, 0.1) is 13.7 Å². The lowest BCUT2D eigenvalue weighted by atomic mass is 10.1. The summed E-state index contributed by atoms with van der Waals surface area (Å²) in [6.07, 6.45) is 6.91. The van der Waals surface area contributed by atoms with Gasteiger partial charge in [0.25, 0.3) is 0 Å². The van der Waals surface area contributed by atoms with Crippen LogP contribution in [0, 0.1) is 5.92 Å². The number of hydrogen-bond acceptors (Lipinski definition) is 3. The molecule has 0 aromatic heterocycles. The van der Waals surface area contributed by atoms with Crippen molar-refractivity contribution in [3.63, 3.8) is 0 Å². The van der Waals surface area contributed by atoms with E-state index in [1.165, 1.54) is 0 Å². The maximum atomic E-state index is 11.9. The van der Waals surface area contributed by atoms with E-state index in [-0.39, 0.29) is 12.0 Å².